The van der Waals surface area contributed by atoms with Crippen LogP contribution in [0, 0.1) is 0 Å². The molecule has 0 spiro atoms. The van der Waals surface area contributed by atoms with Gasteiger partial charge in [0.05, 0.1) is 0 Å². The monoisotopic (exact) mass is 175 g/mol. The van der Waals surface area contributed by atoms with E-state index in [2.05, 4.69) is 4.72 Å². The number of hydrogen-bond acceptors (Lipinski definition) is 3. The van der Waals surface area contributed by atoms with Crippen LogP contribution in [0.1, 0.15) is 5.56 Å². The molecule has 3 nitrogen and oxygen atoms in total. The third-order valence-corrected chi connectivity index (χ3v) is 4.37. The molecule has 0 fully saturated rings. The van der Waals surface area contributed by atoms with Crippen molar-refractivity contribution in [2.45, 2.75) is 10.8 Å². The molecule has 0 amide bonds. The highest BCUT2D eigenvalue weighted by Gasteiger charge is 2.26. The molecule has 0 saturated carbocycles. The van der Waals surface area contributed by atoms with Crippen LogP contribution in [0.15, 0.2) is 15.7 Å². The van der Waals surface area contributed by atoms with Crippen LogP contribution in [0.25, 0.3) is 0 Å². The van der Waals surface area contributed by atoms with Crippen LogP contribution in [0.3, 0.4) is 0 Å². The minimum atomic E-state index is -3.09. The molecule has 1 aliphatic heterocycles. The van der Waals surface area contributed by atoms with E-state index in [1.165, 1.54) is 11.3 Å². The number of rotatable bonds is 0. The fraction of sp³-hybridized carbons (Fsp3) is 0.200. The SMILES string of the molecule is O=S1(=O)NCc2ccsc21. The first-order valence-corrected chi connectivity index (χ1v) is 5.12. The number of sulfonamides is 1. The summed E-state index contributed by atoms with van der Waals surface area (Å²) in [6.45, 7) is 0.459. The van der Waals surface area contributed by atoms with Crippen molar-refractivity contribution in [3.8, 4) is 0 Å². The first kappa shape index (κ1) is 6.33. The summed E-state index contributed by atoms with van der Waals surface area (Å²) in [6.07, 6.45) is 0. The molecule has 0 aliphatic carbocycles. The van der Waals surface area contributed by atoms with Gasteiger partial charge in [-0.2, -0.15) is 0 Å². The second-order valence-corrected chi connectivity index (χ2v) is 4.94. The van der Waals surface area contributed by atoms with Gasteiger partial charge < -0.3 is 0 Å². The van der Waals surface area contributed by atoms with Gasteiger partial charge in [0.1, 0.15) is 4.21 Å². The zero-order valence-corrected chi connectivity index (χ0v) is 6.63. The average molecular weight is 175 g/mol. The maximum absolute atomic E-state index is 11.0. The molecular weight excluding hydrogens is 170 g/mol. The average Bonchev–Trinajstić information content (AvgIpc) is 2.36. The van der Waals surface area contributed by atoms with Crippen molar-refractivity contribution in [2.24, 2.45) is 0 Å². The molecule has 2 rings (SSSR count). The molecule has 1 N–H and O–H groups in total. The zero-order chi connectivity index (χ0) is 7.19. The Kier molecular flexibility index (Phi) is 1.14. The lowest BCUT2D eigenvalue weighted by molar-refractivity contribution is 0.591. The predicted molar refractivity (Wildman–Crippen MR) is 38.3 cm³/mol. The van der Waals surface area contributed by atoms with E-state index in [0.29, 0.717) is 10.8 Å². The molecule has 0 atom stereocenters. The molecular formula is C5H5NO2S2. The summed E-state index contributed by atoms with van der Waals surface area (Å²) in [5.74, 6) is 0. The van der Waals surface area contributed by atoms with Gasteiger partial charge in [0, 0.05) is 6.54 Å². The minimum absolute atomic E-state index is 0.459. The zero-order valence-electron chi connectivity index (χ0n) is 4.99. The molecule has 0 bridgehead atoms. The Bertz CT molecular complexity index is 351. The van der Waals surface area contributed by atoms with E-state index in [4.69, 9.17) is 0 Å². The van der Waals surface area contributed by atoms with Crippen molar-refractivity contribution in [1.82, 2.24) is 4.72 Å². The summed E-state index contributed by atoms with van der Waals surface area (Å²) in [5.41, 5.74) is 0.894. The van der Waals surface area contributed by atoms with Crippen molar-refractivity contribution >= 4 is 21.4 Å². The summed E-state index contributed by atoms with van der Waals surface area (Å²) >= 11 is 1.27. The highest BCUT2D eigenvalue weighted by atomic mass is 32.2. The molecule has 1 aromatic heterocycles. The molecule has 0 saturated heterocycles. The first-order chi connectivity index (χ1) is 4.70. The highest BCUT2D eigenvalue weighted by Crippen LogP contribution is 2.27. The Balaban J connectivity index is 2.76. The van der Waals surface area contributed by atoms with E-state index < -0.39 is 10.0 Å². The number of nitrogens with one attached hydrogen (secondary N) is 1. The molecule has 5 heteroatoms. The van der Waals surface area contributed by atoms with Gasteiger partial charge in [0.25, 0.3) is 10.0 Å². The van der Waals surface area contributed by atoms with Gasteiger partial charge in [-0.25, -0.2) is 13.1 Å². The van der Waals surface area contributed by atoms with Crippen LogP contribution in [0.4, 0.5) is 0 Å². The normalized spacial score (nSPS) is 20.8. The second-order valence-electron chi connectivity index (χ2n) is 2.06. The van der Waals surface area contributed by atoms with E-state index in [1.807, 2.05) is 6.07 Å². The molecule has 1 aromatic rings. The Hall–Kier alpha value is -0.390. The lowest BCUT2D eigenvalue weighted by atomic mass is 10.4. The third-order valence-electron chi connectivity index (χ3n) is 1.40. The minimum Gasteiger partial charge on any atom is -0.206 e. The molecule has 0 aromatic carbocycles. The Labute approximate surface area is 62.7 Å². The maximum atomic E-state index is 11.0. The molecule has 0 unspecified atom stereocenters. The topological polar surface area (TPSA) is 46.2 Å². The summed E-state index contributed by atoms with van der Waals surface area (Å²) in [5, 5.41) is 1.79. The van der Waals surface area contributed by atoms with Crippen LogP contribution in [-0.2, 0) is 16.6 Å². The van der Waals surface area contributed by atoms with Gasteiger partial charge >= 0.3 is 0 Å². The quantitative estimate of drug-likeness (QED) is 0.625. The van der Waals surface area contributed by atoms with Crippen molar-refractivity contribution < 1.29 is 8.42 Å². The summed E-state index contributed by atoms with van der Waals surface area (Å²) in [6, 6.07) is 1.83. The smallest absolute Gasteiger partial charge is 0.206 e. The third kappa shape index (κ3) is 0.712. The highest BCUT2D eigenvalue weighted by molar-refractivity contribution is 7.91. The largest absolute Gasteiger partial charge is 0.250 e. The standard InChI is InChI=1S/C5H5NO2S2/c7-10(8)5-4(3-6-10)1-2-9-5/h1-2,6H,3H2. The van der Waals surface area contributed by atoms with Crippen molar-refractivity contribution in [2.75, 3.05) is 0 Å². The molecule has 10 heavy (non-hydrogen) atoms. The fourth-order valence-corrected chi connectivity index (χ4v) is 3.39. The molecule has 1 aliphatic rings. The van der Waals surface area contributed by atoms with E-state index >= 15 is 0 Å². The first-order valence-electron chi connectivity index (χ1n) is 2.76. The van der Waals surface area contributed by atoms with Crippen molar-refractivity contribution in [1.29, 1.82) is 0 Å². The van der Waals surface area contributed by atoms with Gasteiger partial charge in [0.2, 0.25) is 0 Å². The molecule has 54 valence electrons. The van der Waals surface area contributed by atoms with Crippen molar-refractivity contribution in [3.05, 3.63) is 17.0 Å². The Morgan fingerprint density at radius 1 is 1.60 bits per heavy atom. The molecule has 2 heterocycles. The van der Waals surface area contributed by atoms with Gasteiger partial charge in [-0.1, -0.05) is 0 Å². The lowest BCUT2D eigenvalue weighted by Gasteiger charge is -1.88. The van der Waals surface area contributed by atoms with Gasteiger partial charge in [-0.15, -0.1) is 11.3 Å². The van der Waals surface area contributed by atoms with Gasteiger partial charge in [-0.3, -0.25) is 0 Å². The van der Waals surface area contributed by atoms with Crippen LogP contribution >= 0.6 is 11.3 Å². The van der Waals surface area contributed by atoms with E-state index in [0.717, 1.165) is 5.56 Å². The van der Waals surface area contributed by atoms with Crippen LogP contribution < -0.4 is 4.72 Å². The number of fused-ring (bicyclic) bond motifs is 1. The van der Waals surface area contributed by atoms with E-state index in [1.54, 1.807) is 5.38 Å². The summed E-state index contributed by atoms with van der Waals surface area (Å²) < 4.78 is 24.9. The van der Waals surface area contributed by atoms with E-state index in [-0.39, 0.29) is 0 Å². The maximum Gasteiger partial charge on any atom is 0.250 e. The lowest BCUT2D eigenvalue weighted by Crippen LogP contribution is -2.13. The van der Waals surface area contributed by atoms with E-state index in [9.17, 15) is 8.42 Å². The Morgan fingerprint density at radius 2 is 2.40 bits per heavy atom. The number of hydrogen-bond donors (Lipinski definition) is 1. The predicted octanol–water partition coefficient (Wildman–Crippen LogP) is 0.540. The fourth-order valence-electron chi connectivity index (χ4n) is 0.927. The van der Waals surface area contributed by atoms with Crippen LogP contribution in [0.2, 0.25) is 0 Å². The Morgan fingerprint density at radius 3 is 3.10 bits per heavy atom. The summed E-state index contributed by atoms with van der Waals surface area (Å²) in [4.78, 5) is 0. The number of thiophene rings is 1. The van der Waals surface area contributed by atoms with Gasteiger partial charge in [-0.05, 0) is 17.0 Å². The summed E-state index contributed by atoms with van der Waals surface area (Å²) in [7, 11) is -3.09. The van der Waals surface area contributed by atoms with Gasteiger partial charge in [0.15, 0.2) is 0 Å². The van der Waals surface area contributed by atoms with Crippen molar-refractivity contribution in [3.63, 3.8) is 0 Å². The van der Waals surface area contributed by atoms with Crippen LogP contribution in [0.5, 0.6) is 0 Å². The second kappa shape index (κ2) is 1.81. The molecule has 0 radical (unpaired) electrons. The van der Waals surface area contributed by atoms with Crippen LogP contribution in [-0.4, -0.2) is 8.42 Å².